The first-order valence-corrected chi connectivity index (χ1v) is 18.1. The molecule has 0 N–H and O–H groups in total. The van der Waals surface area contributed by atoms with Crippen molar-refractivity contribution in [2.75, 3.05) is 0 Å². The lowest BCUT2D eigenvalue weighted by molar-refractivity contribution is -0.659. The predicted octanol–water partition coefficient (Wildman–Crippen LogP) is 9.06. The third-order valence-electron chi connectivity index (χ3n) is 10.4. The van der Waals surface area contributed by atoms with Crippen molar-refractivity contribution in [3.8, 4) is 0 Å². The highest BCUT2D eigenvalue weighted by Crippen LogP contribution is 2.31. The Morgan fingerprint density at radius 2 is 0.657 bits per heavy atom. The second-order valence-electron chi connectivity index (χ2n) is 14.0. The van der Waals surface area contributed by atoms with Crippen LogP contribution in [0.3, 0.4) is 0 Å². The average Bonchev–Trinajstić information content (AvgIpc) is 3.31. The van der Waals surface area contributed by atoms with Crippen LogP contribution in [0.25, 0.3) is 10.9 Å². The number of carbonyl (C=O) groups excluding carboxylic acids is 2. The number of pyridine rings is 1. The van der Waals surface area contributed by atoms with E-state index in [4.69, 9.17) is 0 Å². The molecule has 24 heteroatoms. The van der Waals surface area contributed by atoms with E-state index in [9.17, 15) is 62.3 Å². The number of hydrogen-bond donors (Lipinski definition) is 0. The van der Waals surface area contributed by atoms with E-state index in [1.165, 1.54) is 6.92 Å². The van der Waals surface area contributed by atoms with Gasteiger partial charge in [-0.25, -0.2) is 87.8 Å². The van der Waals surface area contributed by atoms with Crippen LogP contribution in [-0.2, 0) is 6.54 Å². The summed E-state index contributed by atoms with van der Waals surface area (Å²) in [6.45, 7) is 1.67. The molecule has 0 radical (unpaired) electrons. The van der Waals surface area contributed by atoms with E-state index >= 15 is 35.1 Å². The molecule has 0 atom stereocenters. The first-order valence-electron chi connectivity index (χ1n) is 18.1. The molecule has 0 bridgehead atoms. The Bertz CT molecular complexity index is 2840. The second kappa shape index (κ2) is 18.2. The van der Waals surface area contributed by atoms with Crippen molar-refractivity contribution in [2.24, 2.45) is 0 Å². The average molecular weight is 969 g/mol. The minimum absolute atomic E-state index is 0.00977. The number of halogens is 20. The molecule has 0 fully saturated rings. The van der Waals surface area contributed by atoms with Gasteiger partial charge >= 0.3 is 0 Å². The normalized spacial score (nSPS) is 11.5. The fraction of sp³-hybridized carbons (Fsp3) is 0.0465. The van der Waals surface area contributed by atoms with Gasteiger partial charge < -0.3 is 0 Å². The van der Waals surface area contributed by atoms with E-state index < -0.39 is 144 Å². The zero-order chi connectivity index (χ0) is 49.9. The lowest BCUT2D eigenvalue weighted by Crippen LogP contribution is -2.81. The molecular formula is C43H16BF20NO2. The lowest BCUT2D eigenvalue weighted by atomic mass is 9.12. The number of ketones is 2. The van der Waals surface area contributed by atoms with Gasteiger partial charge in [0.25, 0.3) is 0 Å². The van der Waals surface area contributed by atoms with Gasteiger partial charge in [0.15, 0.2) is 69.8 Å². The maximum atomic E-state index is 15.4. The zero-order valence-corrected chi connectivity index (χ0v) is 32.5. The first kappa shape index (κ1) is 49.2. The summed E-state index contributed by atoms with van der Waals surface area (Å²) in [5, 5.41) is 1.01. The molecule has 0 aliphatic heterocycles. The molecule has 0 aliphatic carbocycles. The molecule has 1 heterocycles. The second-order valence-corrected chi connectivity index (χ2v) is 14.0. The van der Waals surface area contributed by atoms with Crippen molar-refractivity contribution in [3.63, 3.8) is 0 Å². The molecule has 0 saturated carbocycles. The Labute approximate surface area is 360 Å². The van der Waals surface area contributed by atoms with Gasteiger partial charge in [0.05, 0.1) is 0 Å². The summed E-state index contributed by atoms with van der Waals surface area (Å²) in [5.41, 5.74) is -12.2. The van der Waals surface area contributed by atoms with Crippen molar-refractivity contribution >= 4 is 50.5 Å². The number of benzene rings is 6. The van der Waals surface area contributed by atoms with E-state index in [2.05, 4.69) is 0 Å². The molecule has 7 aromatic rings. The Morgan fingerprint density at radius 3 is 0.970 bits per heavy atom. The van der Waals surface area contributed by atoms with Gasteiger partial charge in [0, 0.05) is 30.0 Å². The van der Waals surface area contributed by atoms with Crippen LogP contribution in [0.5, 0.6) is 0 Å². The third kappa shape index (κ3) is 7.70. The number of Topliss-reactive ketones (excluding diaryl/α,β-unsaturated/α-hetero) is 2. The summed E-state index contributed by atoms with van der Waals surface area (Å²) in [7, 11) is 0. The SMILES string of the molecule is CC(=O)c1ccc2ccccc2[n+]1CC(=O)c1ccccc1.Fc1c(F)c(F)c([B-](c2c(F)c(F)c(F)c(F)c2F)(c2c(F)c(F)c(F)c(F)c2F)c2c(F)c(F)c(F)c(F)c2F)c(F)c1F. The predicted molar refractivity (Wildman–Crippen MR) is 194 cm³/mol. The number of hydrogen-bond acceptors (Lipinski definition) is 2. The number of nitrogens with zero attached hydrogens (tertiary/aromatic N) is 1. The molecule has 1 aromatic heterocycles. The molecule has 0 unspecified atom stereocenters. The maximum Gasteiger partial charge on any atom is 0.249 e. The van der Waals surface area contributed by atoms with Crippen LogP contribution < -0.4 is 26.4 Å². The number of para-hydroxylation sites is 1. The zero-order valence-electron chi connectivity index (χ0n) is 32.5. The van der Waals surface area contributed by atoms with Gasteiger partial charge in [-0.15, -0.1) is 21.9 Å². The van der Waals surface area contributed by atoms with Crippen molar-refractivity contribution in [1.29, 1.82) is 0 Å². The molecule has 6 aromatic carbocycles. The molecule has 0 amide bonds. The number of fused-ring (bicyclic) bond motifs is 1. The molecule has 0 aliphatic rings. The highest BCUT2D eigenvalue weighted by atomic mass is 19.2. The summed E-state index contributed by atoms with van der Waals surface area (Å²) in [4.78, 5) is 24.4. The van der Waals surface area contributed by atoms with E-state index in [1.807, 2.05) is 48.5 Å². The molecule has 7 rings (SSSR count). The van der Waals surface area contributed by atoms with Gasteiger partial charge in [-0.3, -0.25) is 9.59 Å². The van der Waals surface area contributed by atoms with Crippen molar-refractivity contribution < 1.29 is 102 Å². The molecule has 67 heavy (non-hydrogen) atoms. The van der Waals surface area contributed by atoms with Gasteiger partial charge in [-0.05, 0) is 12.1 Å². The van der Waals surface area contributed by atoms with E-state index in [0.29, 0.717) is 11.3 Å². The quantitative estimate of drug-likeness (QED) is 0.0381. The van der Waals surface area contributed by atoms with Crippen LogP contribution in [0.1, 0.15) is 27.8 Å². The van der Waals surface area contributed by atoms with E-state index in [-0.39, 0.29) is 18.1 Å². The summed E-state index contributed by atoms with van der Waals surface area (Å²) >= 11 is 0. The first-order chi connectivity index (χ1) is 31.4. The number of aromatic nitrogens is 1. The van der Waals surface area contributed by atoms with Gasteiger partial charge in [-0.2, -0.15) is 4.57 Å². The smallest absolute Gasteiger partial charge is 0.249 e. The fourth-order valence-corrected chi connectivity index (χ4v) is 7.47. The Balaban J connectivity index is 0.000000279. The van der Waals surface area contributed by atoms with Crippen LogP contribution in [0.2, 0.25) is 0 Å². The summed E-state index contributed by atoms with van der Waals surface area (Å²) in [6.07, 6.45) is -7.22. The summed E-state index contributed by atoms with van der Waals surface area (Å²) < 4.78 is 296. The topological polar surface area (TPSA) is 38.0 Å². The van der Waals surface area contributed by atoms with E-state index in [1.54, 1.807) is 22.8 Å². The summed E-state index contributed by atoms with van der Waals surface area (Å²) in [5.74, 6) is -71.5. The van der Waals surface area contributed by atoms with Crippen molar-refractivity contribution in [2.45, 2.75) is 13.5 Å². The van der Waals surface area contributed by atoms with Crippen LogP contribution in [0.4, 0.5) is 87.8 Å². The molecular weight excluding hydrogens is 953 g/mol. The lowest BCUT2D eigenvalue weighted by Gasteiger charge is -2.44. The monoisotopic (exact) mass is 969 g/mol. The molecule has 0 spiro atoms. The molecule has 3 nitrogen and oxygen atoms in total. The van der Waals surface area contributed by atoms with Gasteiger partial charge in [0.2, 0.25) is 29.3 Å². The minimum Gasteiger partial charge on any atom is -0.288 e. The van der Waals surface area contributed by atoms with Gasteiger partial charge in [-0.1, -0.05) is 42.5 Å². The van der Waals surface area contributed by atoms with Crippen LogP contribution in [0.15, 0.2) is 66.7 Å². The number of rotatable bonds is 8. The van der Waals surface area contributed by atoms with Crippen molar-refractivity contribution in [1.82, 2.24) is 0 Å². The Morgan fingerprint density at radius 1 is 0.373 bits per heavy atom. The molecule has 348 valence electrons. The third-order valence-corrected chi connectivity index (χ3v) is 10.4. The minimum atomic E-state index is -7.22. The highest BCUT2D eigenvalue weighted by molar-refractivity contribution is 7.20. The number of carbonyl (C=O) groups is 2. The molecule has 0 saturated heterocycles. The summed E-state index contributed by atoms with van der Waals surface area (Å²) in [6, 6.07) is 20.6. The van der Waals surface area contributed by atoms with Crippen LogP contribution >= 0.6 is 0 Å². The Hall–Kier alpha value is -7.27. The van der Waals surface area contributed by atoms with Crippen molar-refractivity contribution in [3.05, 3.63) is 194 Å². The highest BCUT2D eigenvalue weighted by Gasteiger charge is 2.52. The maximum absolute atomic E-state index is 15.4. The fourth-order valence-electron chi connectivity index (χ4n) is 7.47. The van der Waals surface area contributed by atoms with E-state index in [0.717, 1.165) is 10.9 Å². The standard InChI is InChI=1S/C24BF20.C19H16NO2/c26-5-1(6(27)14(35)21(42)13(5)34)25(2-7(28)15(36)22(43)16(37)8(2)29,3-9(30)17(38)23(44)18(39)10(3)31)4-11(32)19(40)24(45)20(41)12(4)33;1-14(21)17-12-11-15-7-5-6-10-18(15)20(17)13-19(22)16-8-3-2-4-9-16/h;2-12H,13H2,1H3/q-1;+1. The van der Waals surface area contributed by atoms with Crippen LogP contribution in [0, 0.1) is 116 Å². The largest absolute Gasteiger partial charge is 0.288 e. The van der Waals surface area contributed by atoms with Gasteiger partial charge in [0.1, 0.15) is 52.7 Å². The Kier molecular flexibility index (Phi) is 13.4. The van der Waals surface area contributed by atoms with Crippen LogP contribution in [-0.4, -0.2) is 17.7 Å².